The lowest BCUT2D eigenvalue weighted by atomic mass is 9.85. The fraction of sp³-hybridized carbons (Fsp3) is 0.385. The molecule has 0 atom stereocenters. The zero-order chi connectivity index (χ0) is 12.5. The van der Waals surface area contributed by atoms with Crippen LogP contribution < -0.4 is 5.32 Å². The van der Waals surface area contributed by atoms with Gasteiger partial charge in [-0.1, -0.05) is 18.0 Å². The largest absolute Gasteiger partial charge is 0.350 e. The Hall–Kier alpha value is -1.55. The molecule has 0 unspecified atom stereocenters. The Kier molecular flexibility index (Phi) is 2.96. The molecule has 0 aliphatic heterocycles. The van der Waals surface area contributed by atoms with Crippen molar-refractivity contribution < 1.29 is 4.79 Å². The maximum Gasteiger partial charge on any atom is 0.223 e. The van der Waals surface area contributed by atoms with Gasteiger partial charge in [-0.2, -0.15) is 0 Å². The number of nitrogens with one attached hydrogen (secondary N) is 1. The molecule has 1 saturated carbocycles. The fourth-order valence-corrected chi connectivity index (χ4v) is 2.26. The van der Waals surface area contributed by atoms with Crippen molar-refractivity contribution in [1.29, 1.82) is 0 Å². The number of fused-ring (bicyclic) bond motifs is 1. The number of amides is 1. The molecule has 5 heteroatoms. The molecule has 2 aromatic rings. The Balaban J connectivity index is 1.68. The van der Waals surface area contributed by atoms with Gasteiger partial charge in [0.25, 0.3) is 0 Å². The number of aromatic nitrogens is 2. The van der Waals surface area contributed by atoms with Gasteiger partial charge in [0.2, 0.25) is 5.91 Å². The van der Waals surface area contributed by atoms with Crippen LogP contribution in [0, 0.1) is 5.92 Å². The molecule has 2 heterocycles. The first-order valence-electron chi connectivity index (χ1n) is 6.13. The Morgan fingerprint density at radius 3 is 3.00 bits per heavy atom. The van der Waals surface area contributed by atoms with Gasteiger partial charge in [-0.15, -0.1) is 0 Å². The third kappa shape index (κ3) is 2.20. The van der Waals surface area contributed by atoms with E-state index in [2.05, 4.69) is 10.3 Å². The van der Waals surface area contributed by atoms with Crippen LogP contribution in [0.3, 0.4) is 0 Å². The van der Waals surface area contributed by atoms with E-state index >= 15 is 0 Å². The minimum Gasteiger partial charge on any atom is -0.350 e. The summed E-state index contributed by atoms with van der Waals surface area (Å²) in [6.45, 7) is 0.481. The van der Waals surface area contributed by atoms with E-state index in [0.717, 1.165) is 24.2 Å². The predicted molar refractivity (Wildman–Crippen MR) is 69.4 cm³/mol. The van der Waals surface area contributed by atoms with Crippen molar-refractivity contribution in [2.24, 2.45) is 5.92 Å². The number of pyridine rings is 1. The van der Waals surface area contributed by atoms with Crippen LogP contribution in [0.5, 0.6) is 0 Å². The second-order valence-electron chi connectivity index (χ2n) is 4.69. The molecule has 1 aliphatic carbocycles. The van der Waals surface area contributed by atoms with Crippen LogP contribution in [0.2, 0.25) is 5.02 Å². The number of carbonyl (C=O) groups is 1. The molecule has 1 N–H and O–H groups in total. The molecular formula is C13H14ClN3O. The van der Waals surface area contributed by atoms with E-state index in [1.807, 2.05) is 16.7 Å². The molecule has 0 bridgehead atoms. The summed E-state index contributed by atoms with van der Waals surface area (Å²) in [5.74, 6) is 0.368. The maximum absolute atomic E-state index is 11.7. The molecule has 3 rings (SSSR count). The Morgan fingerprint density at radius 1 is 1.44 bits per heavy atom. The second-order valence-corrected chi connectivity index (χ2v) is 5.13. The Labute approximate surface area is 110 Å². The van der Waals surface area contributed by atoms with Crippen molar-refractivity contribution in [1.82, 2.24) is 14.7 Å². The molecule has 1 amide bonds. The van der Waals surface area contributed by atoms with Crippen LogP contribution in [0.25, 0.3) is 5.65 Å². The van der Waals surface area contributed by atoms with Gasteiger partial charge in [-0.05, 0) is 25.0 Å². The Bertz CT molecular complexity index is 589. The Morgan fingerprint density at radius 2 is 2.28 bits per heavy atom. The van der Waals surface area contributed by atoms with Gasteiger partial charge >= 0.3 is 0 Å². The lowest BCUT2D eigenvalue weighted by Crippen LogP contribution is -2.34. The van der Waals surface area contributed by atoms with Crippen molar-refractivity contribution in [2.75, 3.05) is 0 Å². The predicted octanol–water partition coefficient (Wildman–Crippen LogP) is 2.40. The summed E-state index contributed by atoms with van der Waals surface area (Å²) < 4.78 is 1.87. The lowest BCUT2D eigenvalue weighted by molar-refractivity contribution is -0.127. The van der Waals surface area contributed by atoms with Gasteiger partial charge < -0.3 is 9.72 Å². The molecule has 0 spiro atoms. The third-order valence-electron chi connectivity index (χ3n) is 3.38. The highest BCUT2D eigenvalue weighted by molar-refractivity contribution is 6.30. The first-order valence-corrected chi connectivity index (χ1v) is 6.51. The molecule has 4 nitrogen and oxygen atoms in total. The summed E-state index contributed by atoms with van der Waals surface area (Å²) in [7, 11) is 0. The number of rotatable bonds is 3. The van der Waals surface area contributed by atoms with Crippen LogP contribution in [0.1, 0.15) is 25.0 Å². The standard InChI is InChI=1S/C13H14ClN3O/c14-10-4-5-12-16-11(8-17(12)7-10)6-15-13(18)9-2-1-3-9/h4-5,7-9H,1-3,6H2,(H,15,18). The minimum absolute atomic E-state index is 0.149. The highest BCUT2D eigenvalue weighted by atomic mass is 35.5. The molecular weight excluding hydrogens is 250 g/mol. The van der Waals surface area contributed by atoms with Crippen LogP contribution in [-0.2, 0) is 11.3 Å². The number of hydrogen-bond acceptors (Lipinski definition) is 2. The van der Waals surface area contributed by atoms with Crippen LogP contribution in [0.15, 0.2) is 24.5 Å². The molecule has 1 aliphatic rings. The highest BCUT2D eigenvalue weighted by Gasteiger charge is 2.24. The van der Waals surface area contributed by atoms with Gasteiger partial charge in [0, 0.05) is 18.3 Å². The zero-order valence-electron chi connectivity index (χ0n) is 9.90. The zero-order valence-corrected chi connectivity index (χ0v) is 10.7. The fourth-order valence-electron chi connectivity index (χ4n) is 2.09. The summed E-state index contributed by atoms with van der Waals surface area (Å²) in [6.07, 6.45) is 6.91. The minimum atomic E-state index is 0.149. The van der Waals surface area contributed by atoms with E-state index in [4.69, 9.17) is 11.6 Å². The molecule has 0 saturated heterocycles. The topological polar surface area (TPSA) is 46.4 Å². The van der Waals surface area contributed by atoms with Gasteiger partial charge in [-0.25, -0.2) is 4.98 Å². The van der Waals surface area contributed by atoms with Gasteiger partial charge in [0.15, 0.2) is 0 Å². The number of nitrogens with zero attached hydrogens (tertiary/aromatic N) is 2. The number of halogens is 1. The average molecular weight is 264 g/mol. The first kappa shape index (κ1) is 11.5. The summed E-state index contributed by atoms with van der Waals surface area (Å²) in [6, 6.07) is 3.67. The van der Waals surface area contributed by atoms with E-state index in [1.54, 1.807) is 12.3 Å². The monoisotopic (exact) mass is 263 g/mol. The van der Waals surface area contributed by atoms with E-state index in [1.165, 1.54) is 6.42 Å². The number of imidazole rings is 1. The van der Waals surface area contributed by atoms with E-state index in [-0.39, 0.29) is 11.8 Å². The first-order chi connectivity index (χ1) is 8.72. The normalized spacial score (nSPS) is 15.6. The summed E-state index contributed by atoms with van der Waals surface area (Å²) in [4.78, 5) is 16.1. The molecule has 2 aromatic heterocycles. The second kappa shape index (κ2) is 4.61. The van der Waals surface area contributed by atoms with Gasteiger partial charge in [0.05, 0.1) is 17.3 Å². The van der Waals surface area contributed by atoms with Crippen LogP contribution >= 0.6 is 11.6 Å². The lowest BCUT2D eigenvalue weighted by Gasteiger charge is -2.23. The van der Waals surface area contributed by atoms with Gasteiger partial charge in [0.1, 0.15) is 5.65 Å². The number of carbonyl (C=O) groups excluding carboxylic acids is 1. The molecule has 94 valence electrons. The van der Waals surface area contributed by atoms with Crippen LogP contribution in [-0.4, -0.2) is 15.3 Å². The van der Waals surface area contributed by atoms with Crippen molar-refractivity contribution >= 4 is 23.2 Å². The smallest absolute Gasteiger partial charge is 0.223 e. The molecule has 18 heavy (non-hydrogen) atoms. The van der Waals surface area contributed by atoms with E-state index in [0.29, 0.717) is 11.6 Å². The molecule has 0 aromatic carbocycles. The van der Waals surface area contributed by atoms with Crippen LogP contribution in [0.4, 0.5) is 0 Å². The van der Waals surface area contributed by atoms with E-state index in [9.17, 15) is 4.79 Å². The number of hydrogen-bond donors (Lipinski definition) is 1. The van der Waals surface area contributed by atoms with Crippen molar-refractivity contribution in [3.63, 3.8) is 0 Å². The van der Waals surface area contributed by atoms with E-state index < -0.39 is 0 Å². The third-order valence-corrected chi connectivity index (χ3v) is 3.61. The quantitative estimate of drug-likeness (QED) is 0.924. The molecule has 1 fully saturated rings. The average Bonchev–Trinajstić information content (AvgIpc) is 2.65. The van der Waals surface area contributed by atoms with Crippen molar-refractivity contribution in [2.45, 2.75) is 25.8 Å². The summed E-state index contributed by atoms with van der Waals surface area (Å²) >= 11 is 5.91. The summed E-state index contributed by atoms with van der Waals surface area (Å²) in [5, 5.41) is 3.60. The highest BCUT2D eigenvalue weighted by Crippen LogP contribution is 2.26. The van der Waals surface area contributed by atoms with Gasteiger partial charge in [-0.3, -0.25) is 4.79 Å². The van der Waals surface area contributed by atoms with Crippen molar-refractivity contribution in [3.05, 3.63) is 35.2 Å². The molecule has 0 radical (unpaired) electrons. The van der Waals surface area contributed by atoms with Crippen molar-refractivity contribution in [3.8, 4) is 0 Å². The SMILES string of the molecule is O=C(NCc1cn2cc(Cl)ccc2n1)C1CCC1. The maximum atomic E-state index is 11.7. The summed E-state index contributed by atoms with van der Waals surface area (Å²) in [5.41, 5.74) is 1.69.